The van der Waals surface area contributed by atoms with E-state index in [9.17, 15) is 19.2 Å². The predicted octanol–water partition coefficient (Wildman–Crippen LogP) is 5.83. The third-order valence-electron chi connectivity index (χ3n) is 5.41. The summed E-state index contributed by atoms with van der Waals surface area (Å²) in [6.45, 7) is 1.87. The van der Waals surface area contributed by atoms with Crippen molar-refractivity contribution in [2.75, 3.05) is 12.4 Å². The van der Waals surface area contributed by atoms with E-state index in [0.29, 0.717) is 16.1 Å². The number of thiophene rings is 1. The summed E-state index contributed by atoms with van der Waals surface area (Å²) < 4.78 is 4.99. The lowest BCUT2D eigenvalue weighted by Gasteiger charge is -2.08. The third-order valence-corrected chi connectivity index (χ3v) is 6.44. The fourth-order valence-electron chi connectivity index (χ4n) is 3.68. The Morgan fingerprint density at radius 2 is 1.23 bits per heavy atom. The lowest BCUT2D eigenvalue weighted by molar-refractivity contribution is 0.0603. The molecule has 6 nitrogen and oxygen atoms in total. The number of carbonyl (C=O) groups excluding carboxylic acids is 4. The Morgan fingerprint density at radius 1 is 0.714 bits per heavy atom. The molecule has 1 aromatic heterocycles. The summed E-state index contributed by atoms with van der Waals surface area (Å²) >= 11 is 1.28. The van der Waals surface area contributed by atoms with Crippen molar-refractivity contribution in [3.8, 4) is 11.1 Å². The summed E-state index contributed by atoms with van der Waals surface area (Å²) in [4.78, 5) is 51.4. The molecule has 4 rings (SSSR count). The number of esters is 1. The largest absolute Gasteiger partial charge is 0.465 e. The summed E-state index contributed by atoms with van der Waals surface area (Å²) in [5.41, 5.74) is 2.60. The highest BCUT2D eigenvalue weighted by atomic mass is 32.1. The van der Waals surface area contributed by atoms with E-state index < -0.39 is 23.4 Å². The smallest absolute Gasteiger partial charge is 0.341 e. The first kappa shape index (κ1) is 23.8. The number of rotatable bonds is 7. The van der Waals surface area contributed by atoms with Crippen LogP contribution in [0, 0.1) is 6.92 Å². The number of hydrogen-bond donors (Lipinski definition) is 1. The zero-order valence-electron chi connectivity index (χ0n) is 19.0. The Bertz CT molecular complexity index is 1410. The molecule has 0 bridgehead atoms. The molecular formula is C28H21NO5S. The number of aryl methyl sites for hydroxylation is 1. The molecule has 0 aliphatic carbocycles. The van der Waals surface area contributed by atoms with Gasteiger partial charge >= 0.3 is 5.97 Å². The fraction of sp³-hybridized carbons (Fsp3) is 0.0714. The van der Waals surface area contributed by atoms with Crippen molar-refractivity contribution in [2.24, 2.45) is 0 Å². The molecule has 0 saturated heterocycles. The number of anilines is 1. The molecule has 1 amide bonds. The molecule has 1 N–H and O–H groups in total. The Kier molecular flexibility index (Phi) is 6.98. The second kappa shape index (κ2) is 10.3. The number of methoxy groups -OCH3 is 1. The quantitative estimate of drug-likeness (QED) is 0.203. The van der Waals surface area contributed by atoms with Crippen molar-refractivity contribution >= 4 is 39.8 Å². The molecule has 1 heterocycles. The van der Waals surface area contributed by atoms with Gasteiger partial charge in [-0.25, -0.2) is 4.79 Å². The average molecular weight is 484 g/mol. The molecule has 7 heteroatoms. The number of ether oxygens (including phenoxy) is 1. The molecule has 0 radical (unpaired) electrons. The summed E-state index contributed by atoms with van der Waals surface area (Å²) in [5, 5.41) is 3.17. The Morgan fingerprint density at radius 3 is 1.80 bits per heavy atom. The third kappa shape index (κ3) is 4.95. The van der Waals surface area contributed by atoms with E-state index in [1.165, 1.54) is 42.7 Å². The maximum atomic E-state index is 13.0. The maximum Gasteiger partial charge on any atom is 0.341 e. The van der Waals surface area contributed by atoms with Crippen LogP contribution in [-0.4, -0.2) is 30.6 Å². The SMILES string of the molecule is COC(=O)c1c(NC(=O)c2ccc(C(=O)C(=O)c3ccccc3)cc2)sc(C)c1-c1ccccc1. The molecule has 3 aromatic carbocycles. The molecular weight excluding hydrogens is 462 g/mol. The fourth-order valence-corrected chi connectivity index (χ4v) is 4.74. The van der Waals surface area contributed by atoms with E-state index in [1.54, 1.807) is 30.3 Å². The van der Waals surface area contributed by atoms with Crippen LogP contribution in [0.5, 0.6) is 0 Å². The molecule has 174 valence electrons. The van der Waals surface area contributed by atoms with Crippen LogP contribution < -0.4 is 5.32 Å². The molecule has 0 fully saturated rings. The van der Waals surface area contributed by atoms with Crippen molar-refractivity contribution in [1.29, 1.82) is 0 Å². The van der Waals surface area contributed by atoms with Gasteiger partial charge in [-0.1, -0.05) is 72.8 Å². The molecule has 0 unspecified atom stereocenters. The second-order valence-corrected chi connectivity index (χ2v) is 8.88. The van der Waals surface area contributed by atoms with Crippen LogP contribution >= 0.6 is 11.3 Å². The monoisotopic (exact) mass is 483 g/mol. The van der Waals surface area contributed by atoms with Crippen molar-refractivity contribution in [3.05, 3.63) is 112 Å². The van der Waals surface area contributed by atoms with Gasteiger partial charge in [0.1, 0.15) is 10.6 Å². The number of Topliss-reactive ketones (excluding diaryl/α,β-unsaturated/α-hetero) is 2. The Balaban J connectivity index is 1.58. The van der Waals surface area contributed by atoms with Gasteiger partial charge in [-0.3, -0.25) is 14.4 Å². The highest BCUT2D eigenvalue weighted by molar-refractivity contribution is 7.17. The molecule has 4 aromatic rings. The lowest BCUT2D eigenvalue weighted by Crippen LogP contribution is -2.16. The molecule has 0 atom stereocenters. The molecule has 0 aliphatic rings. The molecule has 0 spiro atoms. The van der Waals surface area contributed by atoms with Crippen LogP contribution in [0.3, 0.4) is 0 Å². The van der Waals surface area contributed by atoms with E-state index in [-0.39, 0.29) is 16.7 Å². The summed E-state index contributed by atoms with van der Waals surface area (Å²) in [6, 6.07) is 23.5. The van der Waals surface area contributed by atoms with Gasteiger partial charge in [0.25, 0.3) is 5.91 Å². The Labute approximate surface area is 206 Å². The van der Waals surface area contributed by atoms with Gasteiger partial charge in [0.2, 0.25) is 11.6 Å². The molecule has 0 saturated carbocycles. The highest BCUT2D eigenvalue weighted by Gasteiger charge is 2.25. The first-order valence-corrected chi connectivity index (χ1v) is 11.5. The average Bonchev–Trinajstić information content (AvgIpc) is 3.23. The van der Waals surface area contributed by atoms with Crippen molar-refractivity contribution < 1.29 is 23.9 Å². The van der Waals surface area contributed by atoms with Crippen LogP contribution in [0.15, 0.2) is 84.9 Å². The number of amides is 1. The van der Waals surface area contributed by atoms with E-state index in [4.69, 9.17) is 4.74 Å². The van der Waals surface area contributed by atoms with Crippen LogP contribution in [0.4, 0.5) is 5.00 Å². The minimum absolute atomic E-state index is 0.184. The topological polar surface area (TPSA) is 89.5 Å². The summed E-state index contributed by atoms with van der Waals surface area (Å²) in [5.74, 6) is -2.28. The highest BCUT2D eigenvalue weighted by Crippen LogP contribution is 2.40. The van der Waals surface area contributed by atoms with Gasteiger partial charge in [-0.15, -0.1) is 11.3 Å². The lowest BCUT2D eigenvalue weighted by atomic mass is 10.0. The van der Waals surface area contributed by atoms with Crippen LogP contribution in [0.2, 0.25) is 0 Å². The number of benzene rings is 3. The van der Waals surface area contributed by atoms with E-state index in [1.807, 2.05) is 37.3 Å². The van der Waals surface area contributed by atoms with Crippen molar-refractivity contribution in [3.63, 3.8) is 0 Å². The van der Waals surface area contributed by atoms with Gasteiger partial charge in [-0.2, -0.15) is 0 Å². The summed E-state index contributed by atoms with van der Waals surface area (Å²) in [7, 11) is 1.29. The van der Waals surface area contributed by atoms with Crippen LogP contribution in [0.25, 0.3) is 11.1 Å². The minimum atomic E-state index is -0.655. The maximum absolute atomic E-state index is 13.0. The molecule has 0 aliphatic heterocycles. The number of carbonyl (C=O) groups is 4. The minimum Gasteiger partial charge on any atom is -0.465 e. The number of hydrogen-bond acceptors (Lipinski definition) is 6. The van der Waals surface area contributed by atoms with E-state index >= 15 is 0 Å². The first-order chi connectivity index (χ1) is 16.9. The van der Waals surface area contributed by atoms with Crippen molar-refractivity contribution in [1.82, 2.24) is 0 Å². The summed E-state index contributed by atoms with van der Waals surface area (Å²) in [6.07, 6.45) is 0. The zero-order chi connectivity index (χ0) is 24.9. The standard InChI is InChI=1S/C28H21NO5S/c1-17-22(18-9-5-3-6-10-18)23(28(33)34-2)27(35-17)29-26(32)21-15-13-20(14-16-21)25(31)24(30)19-11-7-4-8-12-19/h3-16H,1-2H3,(H,29,32). The van der Waals surface area contributed by atoms with Crippen LogP contribution in [0.1, 0.15) is 46.3 Å². The van der Waals surface area contributed by atoms with Gasteiger partial charge in [0, 0.05) is 27.1 Å². The van der Waals surface area contributed by atoms with Gasteiger partial charge in [-0.05, 0) is 24.6 Å². The van der Waals surface area contributed by atoms with Gasteiger partial charge in [0.05, 0.1) is 7.11 Å². The van der Waals surface area contributed by atoms with Gasteiger partial charge in [0.15, 0.2) is 0 Å². The van der Waals surface area contributed by atoms with Crippen LogP contribution in [-0.2, 0) is 4.74 Å². The Hall–Kier alpha value is -4.36. The molecule has 35 heavy (non-hydrogen) atoms. The first-order valence-electron chi connectivity index (χ1n) is 10.7. The zero-order valence-corrected chi connectivity index (χ0v) is 19.8. The predicted molar refractivity (Wildman–Crippen MR) is 135 cm³/mol. The van der Waals surface area contributed by atoms with E-state index in [0.717, 1.165) is 10.4 Å². The number of nitrogens with one attached hydrogen (secondary N) is 1. The van der Waals surface area contributed by atoms with Gasteiger partial charge < -0.3 is 10.1 Å². The number of ketones is 2. The van der Waals surface area contributed by atoms with E-state index in [2.05, 4.69) is 5.32 Å². The van der Waals surface area contributed by atoms with Crippen molar-refractivity contribution in [2.45, 2.75) is 6.92 Å². The normalized spacial score (nSPS) is 10.5. The second-order valence-electron chi connectivity index (χ2n) is 7.65.